The van der Waals surface area contributed by atoms with Crippen LogP contribution in [0.4, 0.5) is 0 Å². The smallest absolute Gasteiger partial charge is 0.00187 e. The zero-order valence-corrected chi connectivity index (χ0v) is 12.2. The molecule has 2 nitrogen and oxygen atoms in total. The van der Waals surface area contributed by atoms with Crippen LogP contribution in [0.15, 0.2) is 0 Å². The molecule has 0 aromatic heterocycles. The lowest BCUT2D eigenvalue weighted by molar-refractivity contribution is 0.256. The summed E-state index contributed by atoms with van der Waals surface area (Å²) in [7, 11) is 0. The molecule has 17 heavy (non-hydrogen) atoms. The first-order valence-corrected chi connectivity index (χ1v) is 7.77. The molecular formula is C15H34N2. The predicted octanol–water partition coefficient (Wildman–Crippen LogP) is 3.80. The summed E-state index contributed by atoms with van der Waals surface area (Å²) in [6.45, 7) is 9.31. The Morgan fingerprint density at radius 2 is 1.12 bits per heavy atom. The Balaban J connectivity index is 3.60. The Kier molecular flexibility index (Phi) is 13.9. The first-order chi connectivity index (χ1) is 8.35. The molecule has 0 radical (unpaired) electrons. The van der Waals surface area contributed by atoms with Gasteiger partial charge in [-0.1, -0.05) is 46.0 Å². The van der Waals surface area contributed by atoms with Crippen LogP contribution in [0.25, 0.3) is 0 Å². The lowest BCUT2D eigenvalue weighted by Crippen LogP contribution is -2.27. The standard InChI is InChI=1S/C15H34N2/c1-3-5-9-13-17(14-10-6-4-2)15-11-7-8-12-16/h3-16H2,1-2H3. The second-order valence-corrected chi connectivity index (χ2v) is 5.11. The highest BCUT2D eigenvalue weighted by Crippen LogP contribution is 2.05. The van der Waals surface area contributed by atoms with E-state index >= 15 is 0 Å². The zero-order chi connectivity index (χ0) is 12.8. The van der Waals surface area contributed by atoms with Crippen molar-refractivity contribution in [2.45, 2.75) is 71.6 Å². The molecule has 0 aliphatic heterocycles. The second kappa shape index (κ2) is 14.0. The first kappa shape index (κ1) is 16.9. The van der Waals surface area contributed by atoms with Crippen LogP contribution in [0.2, 0.25) is 0 Å². The summed E-state index contributed by atoms with van der Waals surface area (Å²) in [4.78, 5) is 2.67. The molecule has 0 amide bonds. The highest BCUT2D eigenvalue weighted by molar-refractivity contribution is 4.59. The minimum absolute atomic E-state index is 0.853. The minimum Gasteiger partial charge on any atom is -0.330 e. The maximum absolute atomic E-state index is 5.53. The molecule has 0 aliphatic carbocycles. The molecule has 0 heterocycles. The summed E-state index contributed by atoms with van der Waals surface area (Å²) < 4.78 is 0. The van der Waals surface area contributed by atoms with E-state index in [1.807, 2.05) is 0 Å². The van der Waals surface area contributed by atoms with Crippen LogP contribution < -0.4 is 5.73 Å². The molecule has 0 aromatic carbocycles. The van der Waals surface area contributed by atoms with E-state index in [1.54, 1.807) is 0 Å². The molecule has 0 fully saturated rings. The van der Waals surface area contributed by atoms with E-state index in [9.17, 15) is 0 Å². The van der Waals surface area contributed by atoms with Crippen LogP contribution in [0, 0.1) is 0 Å². The monoisotopic (exact) mass is 242 g/mol. The fraction of sp³-hybridized carbons (Fsp3) is 1.00. The van der Waals surface area contributed by atoms with Gasteiger partial charge in [0.1, 0.15) is 0 Å². The quantitative estimate of drug-likeness (QED) is 0.498. The minimum atomic E-state index is 0.853. The van der Waals surface area contributed by atoms with E-state index in [-0.39, 0.29) is 0 Å². The van der Waals surface area contributed by atoms with E-state index in [2.05, 4.69) is 18.7 Å². The Labute approximate surface area is 109 Å². The molecule has 0 aromatic rings. The van der Waals surface area contributed by atoms with Crippen molar-refractivity contribution in [1.82, 2.24) is 4.90 Å². The van der Waals surface area contributed by atoms with Crippen molar-refractivity contribution in [3.05, 3.63) is 0 Å². The Morgan fingerprint density at radius 1 is 0.647 bits per heavy atom. The van der Waals surface area contributed by atoms with Crippen molar-refractivity contribution in [3.63, 3.8) is 0 Å². The molecule has 0 bridgehead atoms. The van der Waals surface area contributed by atoms with Crippen molar-refractivity contribution in [3.8, 4) is 0 Å². The van der Waals surface area contributed by atoms with Crippen LogP contribution in [0.3, 0.4) is 0 Å². The van der Waals surface area contributed by atoms with Gasteiger partial charge in [0.25, 0.3) is 0 Å². The van der Waals surface area contributed by atoms with Crippen LogP contribution in [-0.2, 0) is 0 Å². The molecule has 2 heteroatoms. The van der Waals surface area contributed by atoms with Crippen molar-refractivity contribution in [1.29, 1.82) is 0 Å². The number of nitrogens with zero attached hydrogens (tertiary/aromatic N) is 1. The van der Waals surface area contributed by atoms with E-state index in [0.717, 1.165) is 6.54 Å². The van der Waals surface area contributed by atoms with E-state index in [1.165, 1.54) is 77.4 Å². The van der Waals surface area contributed by atoms with Crippen LogP contribution in [0.5, 0.6) is 0 Å². The average Bonchev–Trinajstić information content (AvgIpc) is 2.34. The van der Waals surface area contributed by atoms with Crippen molar-refractivity contribution < 1.29 is 0 Å². The van der Waals surface area contributed by atoms with Crippen molar-refractivity contribution in [2.75, 3.05) is 26.2 Å². The summed E-state index contributed by atoms with van der Waals surface area (Å²) in [6, 6.07) is 0. The van der Waals surface area contributed by atoms with Crippen LogP contribution in [0.1, 0.15) is 71.6 Å². The predicted molar refractivity (Wildman–Crippen MR) is 78.4 cm³/mol. The average molecular weight is 242 g/mol. The highest BCUT2D eigenvalue weighted by Gasteiger charge is 2.03. The molecule has 0 rings (SSSR count). The molecule has 0 unspecified atom stereocenters. The summed E-state index contributed by atoms with van der Waals surface area (Å²) in [6.07, 6.45) is 12.0. The van der Waals surface area contributed by atoms with Gasteiger partial charge in [-0.3, -0.25) is 0 Å². The van der Waals surface area contributed by atoms with Gasteiger partial charge in [-0.25, -0.2) is 0 Å². The maximum atomic E-state index is 5.53. The van der Waals surface area contributed by atoms with E-state index in [4.69, 9.17) is 5.73 Å². The first-order valence-electron chi connectivity index (χ1n) is 7.77. The summed E-state index contributed by atoms with van der Waals surface area (Å²) in [5, 5.41) is 0. The van der Waals surface area contributed by atoms with Crippen molar-refractivity contribution in [2.24, 2.45) is 5.73 Å². The third-order valence-corrected chi connectivity index (χ3v) is 3.33. The lowest BCUT2D eigenvalue weighted by Gasteiger charge is -2.22. The third-order valence-electron chi connectivity index (χ3n) is 3.33. The van der Waals surface area contributed by atoms with Gasteiger partial charge in [-0.2, -0.15) is 0 Å². The van der Waals surface area contributed by atoms with Gasteiger partial charge in [0, 0.05) is 0 Å². The van der Waals surface area contributed by atoms with Gasteiger partial charge in [0.2, 0.25) is 0 Å². The zero-order valence-electron chi connectivity index (χ0n) is 12.2. The van der Waals surface area contributed by atoms with Crippen LogP contribution in [-0.4, -0.2) is 31.1 Å². The number of unbranched alkanes of at least 4 members (excludes halogenated alkanes) is 6. The highest BCUT2D eigenvalue weighted by atomic mass is 15.1. The van der Waals surface area contributed by atoms with Gasteiger partial charge in [0.05, 0.1) is 0 Å². The molecule has 0 saturated heterocycles. The topological polar surface area (TPSA) is 29.3 Å². The van der Waals surface area contributed by atoms with Gasteiger partial charge >= 0.3 is 0 Å². The van der Waals surface area contributed by atoms with Gasteiger partial charge in [-0.15, -0.1) is 0 Å². The Morgan fingerprint density at radius 3 is 1.53 bits per heavy atom. The third kappa shape index (κ3) is 12.2. The Bertz CT molecular complexity index is 127. The van der Waals surface area contributed by atoms with Gasteiger partial charge in [-0.05, 0) is 51.9 Å². The number of hydrogen-bond donors (Lipinski definition) is 1. The summed E-state index contributed by atoms with van der Waals surface area (Å²) >= 11 is 0. The number of nitrogens with two attached hydrogens (primary N) is 1. The SMILES string of the molecule is CCCCCN(CCCCC)CCCCCN. The molecule has 2 N–H and O–H groups in total. The maximum Gasteiger partial charge on any atom is -0.00187 e. The summed E-state index contributed by atoms with van der Waals surface area (Å²) in [5.74, 6) is 0. The molecular weight excluding hydrogens is 208 g/mol. The molecule has 104 valence electrons. The summed E-state index contributed by atoms with van der Waals surface area (Å²) in [5.41, 5.74) is 5.53. The molecule has 0 saturated carbocycles. The molecule has 0 spiro atoms. The van der Waals surface area contributed by atoms with E-state index < -0.39 is 0 Å². The largest absolute Gasteiger partial charge is 0.330 e. The number of hydrogen-bond acceptors (Lipinski definition) is 2. The van der Waals surface area contributed by atoms with Gasteiger partial charge in [0.15, 0.2) is 0 Å². The number of rotatable bonds is 13. The fourth-order valence-electron chi connectivity index (χ4n) is 2.16. The second-order valence-electron chi connectivity index (χ2n) is 5.11. The van der Waals surface area contributed by atoms with E-state index in [0.29, 0.717) is 0 Å². The van der Waals surface area contributed by atoms with Crippen LogP contribution >= 0.6 is 0 Å². The molecule has 0 aliphatic rings. The van der Waals surface area contributed by atoms with Gasteiger partial charge < -0.3 is 10.6 Å². The van der Waals surface area contributed by atoms with Crippen molar-refractivity contribution >= 4 is 0 Å². The Hall–Kier alpha value is -0.0800. The lowest BCUT2D eigenvalue weighted by atomic mass is 10.2. The normalized spacial score (nSPS) is 11.3. The molecule has 0 atom stereocenters. The fourth-order valence-corrected chi connectivity index (χ4v) is 2.16.